The molecule has 2 rings (SSSR count). The van der Waals surface area contributed by atoms with Gasteiger partial charge in [-0.05, 0) is 74.3 Å². The molecule has 194 valence electrons. The minimum atomic E-state index is -0.753. The van der Waals surface area contributed by atoms with Crippen LogP contribution in [0, 0.1) is 36.0 Å². The van der Waals surface area contributed by atoms with E-state index in [1.54, 1.807) is 11.3 Å². The molecule has 2 heterocycles. The zero-order chi connectivity index (χ0) is 25.6. The van der Waals surface area contributed by atoms with Crippen molar-refractivity contribution in [2.75, 3.05) is 0 Å². The lowest BCUT2D eigenvalue weighted by Gasteiger charge is -2.42. The summed E-state index contributed by atoms with van der Waals surface area (Å²) in [4.78, 5) is 17.5. The number of thiazole rings is 1. The number of ether oxygens (including phenoxy) is 1. The third-order valence-electron chi connectivity index (χ3n) is 8.61. The third kappa shape index (κ3) is 7.78. The van der Waals surface area contributed by atoms with Gasteiger partial charge in [0.15, 0.2) is 0 Å². The zero-order valence-electron chi connectivity index (χ0n) is 22.9. The fraction of sp³-hybridized carbons (Fsp3) is 0.724. The molecule has 1 aliphatic rings. The van der Waals surface area contributed by atoms with Gasteiger partial charge in [0.1, 0.15) is 6.10 Å². The molecule has 0 aliphatic carbocycles. The second-order valence-corrected chi connectivity index (χ2v) is 12.4. The molecule has 1 aromatic heterocycles. The molecule has 1 aromatic rings. The Bertz CT molecular complexity index is 875. The lowest BCUT2D eigenvalue weighted by atomic mass is 9.64. The van der Waals surface area contributed by atoms with E-state index in [-0.39, 0.29) is 25.8 Å². The van der Waals surface area contributed by atoms with Crippen molar-refractivity contribution in [3.05, 3.63) is 33.3 Å². The Labute approximate surface area is 213 Å². The molecule has 0 spiro atoms. The van der Waals surface area contributed by atoms with E-state index >= 15 is 0 Å². The van der Waals surface area contributed by atoms with Gasteiger partial charge in [-0.1, -0.05) is 59.6 Å². The van der Waals surface area contributed by atoms with Crippen LogP contribution in [0.3, 0.4) is 0 Å². The number of aliphatic hydroxyl groups excluding tert-OH is 1. The summed E-state index contributed by atoms with van der Waals surface area (Å²) in [5.74, 6) is 1.55. The average Bonchev–Trinajstić information content (AvgIpc) is 3.18. The second-order valence-electron chi connectivity index (χ2n) is 11.4. The van der Waals surface area contributed by atoms with Crippen LogP contribution in [0.25, 0.3) is 6.08 Å². The molecule has 34 heavy (non-hydrogen) atoms. The van der Waals surface area contributed by atoms with Crippen LogP contribution in [0.1, 0.15) is 99.6 Å². The average molecular weight is 492 g/mol. The highest BCUT2D eigenvalue weighted by Gasteiger charge is 2.40. The number of carbonyl (C=O) groups excluding carboxylic acids is 1. The SMILES string of the molecule is C/C1=C/CC(/C(C)=C/c2csc(C)n2)OC(=O)CC(O)C(C)(C)[C@H](C)[C@H](C)[C@@H](C)[C@@H](C)CCC1.[HH]. The number of aliphatic hydroxyl groups is 1. The van der Waals surface area contributed by atoms with Crippen molar-refractivity contribution in [1.82, 2.24) is 4.98 Å². The maximum atomic E-state index is 13.0. The Balaban J connectivity index is 0.00000612. The lowest BCUT2D eigenvalue weighted by Crippen LogP contribution is -2.42. The van der Waals surface area contributed by atoms with Gasteiger partial charge in [-0.15, -0.1) is 11.3 Å². The number of hydrogen-bond acceptors (Lipinski definition) is 5. The summed E-state index contributed by atoms with van der Waals surface area (Å²) in [6.07, 6.45) is 7.20. The zero-order valence-corrected chi connectivity index (χ0v) is 23.7. The molecular weight excluding hydrogens is 442 g/mol. The van der Waals surface area contributed by atoms with E-state index in [0.717, 1.165) is 22.7 Å². The van der Waals surface area contributed by atoms with Crippen molar-refractivity contribution in [3.63, 3.8) is 0 Å². The van der Waals surface area contributed by atoms with Gasteiger partial charge in [0.05, 0.1) is 23.2 Å². The van der Waals surface area contributed by atoms with E-state index in [4.69, 9.17) is 4.74 Å². The van der Waals surface area contributed by atoms with Crippen molar-refractivity contribution in [1.29, 1.82) is 0 Å². The monoisotopic (exact) mass is 491 g/mol. The van der Waals surface area contributed by atoms with E-state index in [9.17, 15) is 9.90 Å². The Morgan fingerprint density at radius 1 is 1.24 bits per heavy atom. The number of allylic oxidation sites excluding steroid dienone is 1. The first-order valence-corrected chi connectivity index (χ1v) is 13.8. The molecule has 0 amide bonds. The Morgan fingerprint density at radius 2 is 1.91 bits per heavy atom. The molecule has 0 fully saturated rings. The molecule has 0 bridgehead atoms. The number of cyclic esters (lactones) is 1. The molecule has 1 aliphatic heterocycles. The van der Waals surface area contributed by atoms with Gasteiger partial charge in [-0.3, -0.25) is 4.79 Å². The van der Waals surface area contributed by atoms with Gasteiger partial charge in [0.25, 0.3) is 0 Å². The first-order chi connectivity index (χ1) is 15.8. The van der Waals surface area contributed by atoms with E-state index in [1.165, 1.54) is 18.4 Å². The molecule has 0 saturated carbocycles. The Morgan fingerprint density at radius 3 is 2.53 bits per heavy atom. The third-order valence-corrected chi connectivity index (χ3v) is 9.40. The topological polar surface area (TPSA) is 59.4 Å². The summed E-state index contributed by atoms with van der Waals surface area (Å²) in [5, 5.41) is 14.2. The molecule has 0 aromatic carbocycles. The number of esters is 1. The summed E-state index contributed by atoms with van der Waals surface area (Å²) in [7, 11) is 0. The number of rotatable bonds is 2. The van der Waals surface area contributed by atoms with Crippen molar-refractivity contribution in [3.8, 4) is 0 Å². The van der Waals surface area contributed by atoms with Gasteiger partial charge in [-0.25, -0.2) is 4.98 Å². The minimum absolute atomic E-state index is 0. The summed E-state index contributed by atoms with van der Waals surface area (Å²) >= 11 is 1.61. The maximum absolute atomic E-state index is 13.0. The Kier molecular flexibility index (Phi) is 10.6. The smallest absolute Gasteiger partial charge is 0.309 e. The predicted octanol–water partition coefficient (Wildman–Crippen LogP) is 7.85. The fourth-order valence-corrected chi connectivity index (χ4v) is 5.63. The Hall–Kier alpha value is -1.46. The molecule has 5 heteroatoms. The lowest BCUT2D eigenvalue weighted by molar-refractivity contribution is -0.152. The van der Waals surface area contributed by atoms with Crippen LogP contribution in [-0.4, -0.2) is 28.3 Å². The van der Waals surface area contributed by atoms with Gasteiger partial charge >= 0.3 is 5.97 Å². The highest BCUT2D eigenvalue weighted by molar-refractivity contribution is 7.09. The maximum Gasteiger partial charge on any atom is 0.309 e. The van der Waals surface area contributed by atoms with Crippen LogP contribution in [0.15, 0.2) is 22.6 Å². The van der Waals surface area contributed by atoms with E-state index in [0.29, 0.717) is 24.2 Å². The normalized spacial score (nSPS) is 34.2. The fourth-order valence-electron chi connectivity index (χ4n) is 5.06. The summed E-state index contributed by atoms with van der Waals surface area (Å²) in [6.45, 7) is 19.6. The summed E-state index contributed by atoms with van der Waals surface area (Å²) < 4.78 is 5.97. The number of aromatic nitrogens is 1. The van der Waals surface area contributed by atoms with E-state index in [2.05, 4.69) is 59.5 Å². The molecule has 2 unspecified atom stereocenters. The van der Waals surface area contributed by atoms with Crippen LogP contribution in [0.4, 0.5) is 0 Å². The number of nitrogens with zero attached hydrogens (tertiary/aromatic N) is 1. The van der Waals surface area contributed by atoms with Gasteiger partial charge < -0.3 is 9.84 Å². The first-order valence-electron chi connectivity index (χ1n) is 13.0. The summed E-state index contributed by atoms with van der Waals surface area (Å²) in [6, 6.07) is 0. The largest absolute Gasteiger partial charge is 0.457 e. The van der Waals surface area contributed by atoms with Crippen molar-refractivity contribution in [2.45, 2.75) is 107 Å². The van der Waals surface area contributed by atoms with Gasteiger partial charge in [0, 0.05) is 13.2 Å². The standard InChI is InChI=1S/C29H47NO3S.H2/c1-18-11-10-12-19(2)21(4)22(5)23(6)29(8,9)27(31)16-28(32)33-26(14-13-18)20(3)15-25-17-34-24(7)30-25;/h13,15,17,19,21-23,26-27,31H,10-12,14,16H2,1-9H3;1H/b18-13-,20-15+;/t19-,21-,22+,23+,26?,27?;/m0./s1. The van der Waals surface area contributed by atoms with Crippen LogP contribution < -0.4 is 0 Å². The predicted molar refractivity (Wildman–Crippen MR) is 146 cm³/mol. The van der Waals surface area contributed by atoms with Gasteiger partial charge in [-0.2, -0.15) is 0 Å². The summed E-state index contributed by atoms with van der Waals surface area (Å²) in [5.41, 5.74) is 2.82. The molecule has 4 nitrogen and oxygen atoms in total. The minimum Gasteiger partial charge on any atom is -0.457 e. The van der Waals surface area contributed by atoms with Crippen LogP contribution >= 0.6 is 11.3 Å². The van der Waals surface area contributed by atoms with Crippen molar-refractivity contribution < 1.29 is 16.1 Å². The van der Waals surface area contributed by atoms with Crippen LogP contribution in [0.5, 0.6) is 0 Å². The van der Waals surface area contributed by atoms with Crippen molar-refractivity contribution >= 4 is 23.4 Å². The number of hydrogen-bond donors (Lipinski definition) is 1. The molecule has 0 radical (unpaired) electrons. The van der Waals surface area contributed by atoms with E-state index in [1.807, 2.05) is 25.3 Å². The number of aryl methyl sites for hydroxylation is 1. The number of carbonyl (C=O) groups is 1. The second kappa shape index (κ2) is 12.5. The molecule has 0 saturated heterocycles. The van der Waals surface area contributed by atoms with Crippen LogP contribution in [-0.2, 0) is 9.53 Å². The van der Waals surface area contributed by atoms with Crippen molar-refractivity contribution in [2.24, 2.45) is 29.1 Å². The highest BCUT2D eigenvalue weighted by Crippen LogP contribution is 2.42. The molecule has 6 atom stereocenters. The van der Waals surface area contributed by atoms with Crippen LogP contribution in [0.2, 0.25) is 0 Å². The van der Waals surface area contributed by atoms with E-state index < -0.39 is 11.5 Å². The molecule has 1 N–H and O–H groups in total. The first kappa shape index (κ1) is 28.8. The highest BCUT2D eigenvalue weighted by atomic mass is 32.1. The quantitative estimate of drug-likeness (QED) is 0.338. The molecular formula is C29H49NO3S. The van der Waals surface area contributed by atoms with Gasteiger partial charge in [0.2, 0.25) is 0 Å².